The Morgan fingerprint density at radius 3 is 2.53 bits per heavy atom. The number of hydrogen-bond donors (Lipinski definition) is 2. The highest BCUT2D eigenvalue weighted by atomic mass is 16.5. The minimum Gasteiger partial charge on any atom is -0.472 e. The van der Waals surface area contributed by atoms with Gasteiger partial charge in [0.25, 0.3) is 5.91 Å². The van der Waals surface area contributed by atoms with Crippen molar-refractivity contribution in [2.24, 2.45) is 11.1 Å². The number of nitrogens with two attached hydrogens (primary N) is 1. The fraction of sp³-hybridized carbons (Fsp3) is 0.440. The number of carbonyl (C=O) groups is 4. The largest absolute Gasteiger partial charge is 0.472 e. The van der Waals surface area contributed by atoms with E-state index in [9.17, 15) is 19.2 Å². The summed E-state index contributed by atoms with van der Waals surface area (Å²) >= 11 is 0. The summed E-state index contributed by atoms with van der Waals surface area (Å²) in [6, 6.07) is 9.42. The fourth-order valence-corrected chi connectivity index (χ4v) is 4.17. The van der Waals surface area contributed by atoms with Gasteiger partial charge in [0.05, 0.1) is 11.8 Å². The van der Waals surface area contributed by atoms with Crippen LogP contribution in [-0.2, 0) is 25.5 Å². The molecule has 1 aromatic heterocycles. The number of hydrogen-bond acceptors (Lipinski definition) is 6. The number of ether oxygens (including phenoxy) is 1. The molecule has 9 heteroatoms. The number of likely N-dealkylation sites (N-methyl/N-ethyl adjacent to an activating group) is 1. The van der Waals surface area contributed by atoms with Crippen molar-refractivity contribution in [1.29, 1.82) is 0 Å². The molecule has 3 amide bonds. The molecule has 1 fully saturated rings. The van der Waals surface area contributed by atoms with Crippen LogP contribution < -0.4 is 11.1 Å². The molecule has 0 saturated carbocycles. The maximum atomic E-state index is 13.5. The summed E-state index contributed by atoms with van der Waals surface area (Å²) in [6.07, 6.45) is 3.32. The van der Waals surface area contributed by atoms with Crippen LogP contribution in [0.2, 0.25) is 0 Å². The molecule has 2 heterocycles. The monoisotopic (exact) mass is 469 g/mol. The van der Waals surface area contributed by atoms with Crippen LogP contribution in [0.15, 0.2) is 53.3 Å². The average molecular weight is 470 g/mol. The minimum atomic E-state index is -1.22. The molecular weight excluding hydrogens is 438 g/mol. The van der Waals surface area contributed by atoms with Gasteiger partial charge in [0.2, 0.25) is 11.8 Å². The van der Waals surface area contributed by atoms with Gasteiger partial charge in [0, 0.05) is 7.05 Å². The molecule has 0 aliphatic carbocycles. The quantitative estimate of drug-likeness (QED) is 0.544. The van der Waals surface area contributed by atoms with Crippen molar-refractivity contribution >= 4 is 23.5 Å². The summed E-state index contributed by atoms with van der Waals surface area (Å²) in [5.41, 5.74) is 6.49. The molecule has 0 spiro atoms. The number of furan rings is 1. The molecule has 1 saturated heterocycles. The highest BCUT2D eigenvalue weighted by molar-refractivity contribution is 6.00. The Kier molecular flexibility index (Phi) is 7.88. The van der Waals surface area contributed by atoms with Crippen molar-refractivity contribution in [2.75, 3.05) is 13.7 Å². The number of nitrogens with one attached hydrogen (secondary N) is 1. The highest BCUT2D eigenvalue weighted by Gasteiger charge is 2.45. The Labute approximate surface area is 198 Å². The maximum absolute atomic E-state index is 13.5. The number of carbonyl (C=O) groups excluding carboxylic acids is 4. The van der Waals surface area contributed by atoms with Crippen molar-refractivity contribution < 1.29 is 28.3 Å². The Balaban J connectivity index is 1.79. The van der Waals surface area contributed by atoms with Gasteiger partial charge in [-0.3, -0.25) is 19.2 Å². The van der Waals surface area contributed by atoms with Crippen LogP contribution in [0.1, 0.15) is 42.6 Å². The van der Waals surface area contributed by atoms with E-state index in [-0.39, 0.29) is 17.6 Å². The smallest absolute Gasteiger partial charge is 0.255 e. The molecule has 0 bridgehead atoms. The van der Waals surface area contributed by atoms with E-state index < -0.39 is 41.7 Å². The van der Waals surface area contributed by atoms with E-state index in [0.29, 0.717) is 6.42 Å². The summed E-state index contributed by atoms with van der Waals surface area (Å²) in [5.74, 6) is -2.21. The number of rotatable bonds is 10. The second-order valence-electron chi connectivity index (χ2n) is 9.39. The standard InChI is InChI=1S/C25H31N3O6/c1-25(2,11-9-16-7-5-4-6-8-16)13-18(27-23(31)17-10-12-33-14-17)24(32)28(3)20-19(29)15-34-21(20)22(26)30/h4-8,10,12,14,18,20-21H,9,11,13,15H2,1-3H3,(H2,26,30)(H,27,31). The van der Waals surface area contributed by atoms with Crippen molar-refractivity contribution in [3.63, 3.8) is 0 Å². The topological polar surface area (TPSA) is 132 Å². The van der Waals surface area contributed by atoms with E-state index in [1.54, 1.807) is 0 Å². The van der Waals surface area contributed by atoms with Crippen molar-refractivity contribution in [3.8, 4) is 0 Å². The van der Waals surface area contributed by atoms with E-state index in [2.05, 4.69) is 5.32 Å². The Morgan fingerprint density at radius 1 is 1.21 bits per heavy atom. The van der Waals surface area contributed by atoms with E-state index in [1.807, 2.05) is 44.2 Å². The SMILES string of the molecule is CN(C(=O)C(CC(C)(C)CCc1ccccc1)NC(=O)c1ccoc1)C1C(=O)COC1C(N)=O. The maximum Gasteiger partial charge on any atom is 0.255 e. The first-order valence-corrected chi connectivity index (χ1v) is 11.2. The number of amides is 3. The molecule has 3 unspecified atom stereocenters. The van der Waals surface area contributed by atoms with Gasteiger partial charge >= 0.3 is 0 Å². The number of aryl methyl sites for hydroxylation is 1. The molecule has 3 rings (SSSR count). The van der Waals surface area contributed by atoms with Gasteiger partial charge in [-0.25, -0.2) is 0 Å². The van der Waals surface area contributed by atoms with E-state index in [0.717, 1.165) is 12.8 Å². The van der Waals surface area contributed by atoms with Crippen molar-refractivity contribution in [1.82, 2.24) is 10.2 Å². The van der Waals surface area contributed by atoms with Crippen LogP contribution in [0.25, 0.3) is 0 Å². The second kappa shape index (κ2) is 10.6. The van der Waals surface area contributed by atoms with Crippen LogP contribution >= 0.6 is 0 Å². The third kappa shape index (κ3) is 6.11. The zero-order chi connectivity index (χ0) is 24.9. The first-order chi connectivity index (χ1) is 16.1. The molecule has 1 aliphatic heterocycles. The van der Waals surface area contributed by atoms with Gasteiger partial charge < -0.3 is 25.1 Å². The number of ketones is 1. The average Bonchev–Trinajstić information content (AvgIpc) is 3.47. The molecule has 0 radical (unpaired) electrons. The molecule has 2 aromatic rings. The van der Waals surface area contributed by atoms with E-state index >= 15 is 0 Å². The molecular formula is C25H31N3O6. The molecule has 34 heavy (non-hydrogen) atoms. The van der Waals surface area contributed by atoms with Crippen LogP contribution in [0.5, 0.6) is 0 Å². The van der Waals surface area contributed by atoms with Crippen molar-refractivity contribution in [2.45, 2.75) is 51.3 Å². The lowest BCUT2D eigenvalue weighted by atomic mass is 9.80. The first kappa shape index (κ1) is 25.2. The number of Topliss-reactive ketones (excluding diaryl/α,β-unsaturated/α-hetero) is 1. The van der Waals surface area contributed by atoms with Crippen molar-refractivity contribution in [3.05, 3.63) is 60.1 Å². The molecule has 1 aliphatic rings. The minimum absolute atomic E-state index is 0.276. The van der Waals surface area contributed by atoms with Gasteiger partial charge in [-0.1, -0.05) is 44.2 Å². The lowest BCUT2D eigenvalue weighted by molar-refractivity contribution is -0.141. The zero-order valence-electron chi connectivity index (χ0n) is 19.7. The summed E-state index contributed by atoms with van der Waals surface area (Å²) in [4.78, 5) is 51.6. The van der Waals surface area contributed by atoms with Gasteiger partial charge in [0.15, 0.2) is 11.9 Å². The third-order valence-corrected chi connectivity index (χ3v) is 6.14. The van der Waals surface area contributed by atoms with Crippen LogP contribution in [0, 0.1) is 5.41 Å². The van der Waals surface area contributed by atoms with Gasteiger partial charge in [-0.15, -0.1) is 0 Å². The molecule has 9 nitrogen and oxygen atoms in total. The predicted octanol–water partition coefficient (Wildman–Crippen LogP) is 1.71. The van der Waals surface area contributed by atoms with E-state index in [4.69, 9.17) is 14.9 Å². The molecule has 1 aromatic carbocycles. The summed E-state index contributed by atoms with van der Waals surface area (Å²) < 4.78 is 10.2. The molecule has 3 atom stereocenters. The number of nitrogens with zero attached hydrogens (tertiary/aromatic N) is 1. The van der Waals surface area contributed by atoms with Crippen LogP contribution in [-0.4, -0.2) is 60.2 Å². The Hall–Kier alpha value is -3.46. The summed E-state index contributed by atoms with van der Waals surface area (Å²) in [5, 5.41) is 2.78. The summed E-state index contributed by atoms with van der Waals surface area (Å²) in [7, 11) is 1.42. The fourth-order valence-electron chi connectivity index (χ4n) is 4.17. The van der Waals surface area contributed by atoms with Gasteiger partial charge in [0.1, 0.15) is 25.0 Å². The van der Waals surface area contributed by atoms with Crippen LogP contribution in [0.3, 0.4) is 0 Å². The van der Waals surface area contributed by atoms with Crippen LogP contribution in [0.4, 0.5) is 0 Å². The third-order valence-electron chi connectivity index (χ3n) is 6.14. The zero-order valence-corrected chi connectivity index (χ0v) is 19.7. The van der Waals surface area contributed by atoms with E-state index in [1.165, 1.54) is 36.1 Å². The summed E-state index contributed by atoms with van der Waals surface area (Å²) in [6.45, 7) is 3.75. The number of primary amides is 1. The second-order valence-corrected chi connectivity index (χ2v) is 9.39. The first-order valence-electron chi connectivity index (χ1n) is 11.2. The highest BCUT2D eigenvalue weighted by Crippen LogP contribution is 2.30. The Bertz CT molecular complexity index is 1020. The lowest BCUT2D eigenvalue weighted by Gasteiger charge is -2.34. The normalized spacial score (nSPS) is 19.0. The lowest BCUT2D eigenvalue weighted by Crippen LogP contribution is -2.56. The van der Waals surface area contributed by atoms with Gasteiger partial charge in [-0.2, -0.15) is 0 Å². The molecule has 3 N–H and O–H groups in total. The predicted molar refractivity (Wildman–Crippen MR) is 124 cm³/mol. The van der Waals surface area contributed by atoms with Gasteiger partial charge in [-0.05, 0) is 36.3 Å². The Morgan fingerprint density at radius 2 is 1.91 bits per heavy atom. The molecule has 182 valence electrons. The number of benzene rings is 1.